The molecular formula is C12H15N3O3S. The third-order valence-electron chi connectivity index (χ3n) is 2.52. The van der Waals surface area contributed by atoms with Crippen LogP contribution in [0.4, 0.5) is 0 Å². The summed E-state index contributed by atoms with van der Waals surface area (Å²) in [6.07, 6.45) is 1.19. The lowest BCUT2D eigenvalue weighted by Gasteiger charge is -2.03. The lowest BCUT2D eigenvalue weighted by Crippen LogP contribution is -2.13. The molecule has 1 heterocycles. The Hall–Kier alpha value is -1.73. The van der Waals surface area contributed by atoms with Crippen molar-refractivity contribution < 1.29 is 12.8 Å². The van der Waals surface area contributed by atoms with Crippen molar-refractivity contribution in [2.45, 2.75) is 24.9 Å². The second-order valence-corrected chi connectivity index (χ2v) is 6.25. The number of hydrogen-bond donors (Lipinski definition) is 1. The van der Waals surface area contributed by atoms with E-state index in [-0.39, 0.29) is 0 Å². The highest BCUT2D eigenvalue weighted by molar-refractivity contribution is 7.90. The van der Waals surface area contributed by atoms with Gasteiger partial charge in [-0.05, 0) is 17.7 Å². The van der Waals surface area contributed by atoms with Crippen LogP contribution in [0.5, 0.6) is 0 Å². The fourth-order valence-electron chi connectivity index (χ4n) is 1.58. The fraction of sp³-hybridized carbons (Fsp3) is 0.333. The van der Waals surface area contributed by atoms with Crippen molar-refractivity contribution in [1.29, 1.82) is 0 Å². The number of aryl methyl sites for hydroxylation is 1. The molecule has 0 spiro atoms. The molecule has 0 aliphatic heterocycles. The van der Waals surface area contributed by atoms with Gasteiger partial charge in [0, 0.05) is 19.7 Å². The van der Waals surface area contributed by atoms with Crippen molar-refractivity contribution in [3.8, 4) is 0 Å². The number of nitrogens with one attached hydrogen (secondary N) is 1. The Bertz CT molecular complexity index is 647. The zero-order chi connectivity index (χ0) is 13.9. The van der Waals surface area contributed by atoms with Crippen molar-refractivity contribution in [3.05, 3.63) is 41.6 Å². The molecule has 0 saturated carbocycles. The molecule has 0 unspecified atom stereocenters. The smallest absolute Gasteiger partial charge is 0.230 e. The van der Waals surface area contributed by atoms with E-state index >= 15 is 0 Å². The molecule has 1 aromatic carbocycles. The molecule has 0 aliphatic rings. The summed E-state index contributed by atoms with van der Waals surface area (Å²) < 4.78 is 27.8. The first kappa shape index (κ1) is 13.7. The quantitative estimate of drug-likeness (QED) is 0.882. The lowest BCUT2D eigenvalue weighted by atomic mass is 10.2. The predicted molar refractivity (Wildman–Crippen MR) is 69.1 cm³/mol. The van der Waals surface area contributed by atoms with Gasteiger partial charge in [-0.25, -0.2) is 8.42 Å². The number of rotatable bonds is 5. The molecule has 6 nitrogen and oxygen atoms in total. The van der Waals surface area contributed by atoms with Crippen LogP contribution in [0.2, 0.25) is 0 Å². The summed E-state index contributed by atoms with van der Waals surface area (Å²) in [5, 5.41) is 10.7. The van der Waals surface area contributed by atoms with E-state index in [1.54, 1.807) is 31.2 Å². The van der Waals surface area contributed by atoms with Gasteiger partial charge in [-0.3, -0.25) is 0 Å². The topological polar surface area (TPSA) is 85.1 Å². The van der Waals surface area contributed by atoms with Crippen LogP contribution in [0.25, 0.3) is 0 Å². The second-order valence-electron chi connectivity index (χ2n) is 4.23. The predicted octanol–water partition coefficient (Wildman–Crippen LogP) is 1.07. The van der Waals surface area contributed by atoms with E-state index in [1.807, 2.05) is 0 Å². The highest BCUT2D eigenvalue weighted by atomic mass is 32.2. The van der Waals surface area contributed by atoms with Crippen molar-refractivity contribution in [1.82, 2.24) is 15.5 Å². The zero-order valence-electron chi connectivity index (χ0n) is 10.8. The molecule has 7 heteroatoms. The van der Waals surface area contributed by atoms with Crippen LogP contribution >= 0.6 is 0 Å². The van der Waals surface area contributed by atoms with Gasteiger partial charge in [0.25, 0.3) is 0 Å². The molecular weight excluding hydrogens is 266 g/mol. The summed E-state index contributed by atoms with van der Waals surface area (Å²) in [7, 11) is -3.13. The molecule has 2 aromatic rings. The summed E-state index contributed by atoms with van der Waals surface area (Å²) in [4.78, 5) is 0.323. The monoisotopic (exact) mass is 281 g/mol. The van der Waals surface area contributed by atoms with Gasteiger partial charge in [0.05, 0.1) is 11.4 Å². The maximum absolute atomic E-state index is 11.3. The molecule has 0 atom stereocenters. The van der Waals surface area contributed by atoms with E-state index in [1.165, 1.54) is 6.26 Å². The normalized spacial score (nSPS) is 11.7. The maximum Gasteiger partial charge on any atom is 0.230 e. The average molecular weight is 281 g/mol. The molecule has 1 N–H and O–H groups in total. The van der Waals surface area contributed by atoms with Crippen molar-refractivity contribution >= 4 is 9.84 Å². The Morgan fingerprint density at radius 1 is 1.16 bits per heavy atom. The Kier molecular flexibility index (Phi) is 3.96. The van der Waals surface area contributed by atoms with E-state index in [0.717, 1.165) is 5.56 Å². The zero-order valence-corrected chi connectivity index (χ0v) is 11.6. The first-order valence-corrected chi connectivity index (χ1v) is 7.63. The van der Waals surface area contributed by atoms with Gasteiger partial charge in [-0.2, -0.15) is 0 Å². The number of nitrogens with zero attached hydrogens (tertiary/aromatic N) is 2. The van der Waals surface area contributed by atoms with E-state index < -0.39 is 9.84 Å². The second kappa shape index (κ2) is 5.50. The third-order valence-corrected chi connectivity index (χ3v) is 3.65. The van der Waals surface area contributed by atoms with E-state index in [9.17, 15) is 8.42 Å². The van der Waals surface area contributed by atoms with Crippen LogP contribution in [0.15, 0.2) is 33.6 Å². The first-order chi connectivity index (χ1) is 8.95. The molecule has 0 bridgehead atoms. The summed E-state index contributed by atoms with van der Waals surface area (Å²) in [6.45, 7) is 2.82. The van der Waals surface area contributed by atoms with Gasteiger partial charge in [0.15, 0.2) is 9.84 Å². The van der Waals surface area contributed by atoms with E-state index in [0.29, 0.717) is 29.8 Å². The van der Waals surface area contributed by atoms with Crippen molar-refractivity contribution in [3.63, 3.8) is 0 Å². The molecule has 102 valence electrons. The summed E-state index contributed by atoms with van der Waals surface area (Å²) in [5.74, 6) is 1.07. The van der Waals surface area contributed by atoms with Gasteiger partial charge in [-0.1, -0.05) is 12.1 Å². The summed E-state index contributed by atoms with van der Waals surface area (Å²) >= 11 is 0. The lowest BCUT2D eigenvalue weighted by molar-refractivity contribution is 0.446. The van der Waals surface area contributed by atoms with Crippen LogP contribution in [0, 0.1) is 6.92 Å². The highest BCUT2D eigenvalue weighted by Gasteiger charge is 2.06. The van der Waals surface area contributed by atoms with Gasteiger partial charge in [0.2, 0.25) is 11.8 Å². The number of benzene rings is 1. The van der Waals surface area contributed by atoms with Gasteiger partial charge >= 0.3 is 0 Å². The molecule has 0 saturated heterocycles. The van der Waals surface area contributed by atoms with Crippen molar-refractivity contribution in [2.24, 2.45) is 0 Å². The van der Waals surface area contributed by atoms with Crippen LogP contribution < -0.4 is 5.32 Å². The summed E-state index contributed by atoms with van der Waals surface area (Å²) in [6, 6.07) is 6.76. The first-order valence-electron chi connectivity index (χ1n) is 5.74. The van der Waals surface area contributed by atoms with Gasteiger partial charge < -0.3 is 9.73 Å². The molecule has 0 fully saturated rings. The number of hydrogen-bond acceptors (Lipinski definition) is 6. The largest absolute Gasteiger partial charge is 0.424 e. The number of aromatic nitrogens is 2. The molecule has 0 aliphatic carbocycles. The van der Waals surface area contributed by atoms with E-state index in [2.05, 4.69) is 15.5 Å². The third kappa shape index (κ3) is 3.87. The van der Waals surface area contributed by atoms with Gasteiger partial charge in [-0.15, -0.1) is 10.2 Å². The Morgan fingerprint density at radius 2 is 1.84 bits per heavy atom. The van der Waals surface area contributed by atoms with Crippen LogP contribution in [-0.4, -0.2) is 24.9 Å². The summed E-state index contributed by atoms with van der Waals surface area (Å²) in [5.41, 5.74) is 0.989. The van der Waals surface area contributed by atoms with Gasteiger partial charge in [0.1, 0.15) is 0 Å². The minimum absolute atomic E-state index is 0.323. The molecule has 0 radical (unpaired) electrons. The SMILES string of the molecule is Cc1nnc(CNCc2ccc(S(C)(=O)=O)cc2)o1. The minimum atomic E-state index is -3.13. The van der Waals surface area contributed by atoms with Crippen molar-refractivity contribution in [2.75, 3.05) is 6.26 Å². The highest BCUT2D eigenvalue weighted by Crippen LogP contribution is 2.10. The van der Waals surface area contributed by atoms with E-state index in [4.69, 9.17) is 4.42 Å². The minimum Gasteiger partial charge on any atom is -0.424 e. The molecule has 1 aromatic heterocycles. The standard InChI is InChI=1S/C12H15N3O3S/c1-9-14-15-12(18-9)8-13-7-10-3-5-11(6-4-10)19(2,16)17/h3-6,13H,7-8H2,1-2H3. The maximum atomic E-state index is 11.3. The Balaban J connectivity index is 1.90. The average Bonchev–Trinajstić information content (AvgIpc) is 2.75. The Morgan fingerprint density at radius 3 is 2.37 bits per heavy atom. The fourth-order valence-corrected chi connectivity index (χ4v) is 2.21. The molecule has 19 heavy (non-hydrogen) atoms. The number of sulfone groups is 1. The molecule has 0 amide bonds. The van der Waals surface area contributed by atoms with Crippen LogP contribution in [0.1, 0.15) is 17.3 Å². The van der Waals surface area contributed by atoms with Crippen LogP contribution in [-0.2, 0) is 22.9 Å². The van der Waals surface area contributed by atoms with Crippen LogP contribution in [0.3, 0.4) is 0 Å². The Labute approximate surface area is 111 Å². The molecule has 2 rings (SSSR count).